The minimum atomic E-state index is -2.35. The van der Waals surface area contributed by atoms with E-state index in [2.05, 4.69) is 61.6 Å². The maximum Gasteiger partial charge on any atom is 0.337 e. The topological polar surface area (TPSA) is 158 Å². The molecule has 15 heteroatoms. The molecule has 0 radical (unpaired) electrons. The van der Waals surface area contributed by atoms with Crippen molar-refractivity contribution in [2.24, 2.45) is 11.3 Å². The van der Waals surface area contributed by atoms with E-state index >= 15 is 0 Å². The number of ether oxygens (including phenoxy) is 7. The van der Waals surface area contributed by atoms with Crippen molar-refractivity contribution in [3.63, 3.8) is 0 Å². The zero-order valence-corrected chi connectivity index (χ0v) is 40.7. The Morgan fingerprint density at radius 1 is 0.965 bits per heavy atom. The van der Waals surface area contributed by atoms with E-state index in [0.717, 1.165) is 24.6 Å². The van der Waals surface area contributed by atoms with E-state index in [1.54, 1.807) is 14.0 Å². The van der Waals surface area contributed by atoms with Gasteiger partial charge in [0.05, 0.1) is 37.6 Å². The third-order valence-electron chi connectivity index (χ3n) is 13.0. The molecular weight excluding hydrogens is 769 g/mol. The number of allylic oxidation sites excluding steroid dienone is 1. The number of rotatable bonds is 27. The molecule has 0 aliphatic carbocycles. The highest BCUT2D eigenvalue weighted by atomic mass is 28.4. The van der Waals surface area contributed by atoms with Crippen LogP contribution >= 0.6 is 0 Å². The average molecular weight is 851 g/mol. The van der Waals surface area contributed by atoms with Gasteiger partial charge < -0.3 is 52.2 Å². The first-order valence-corrected chi connectivity index (χ1v) is 26.3. The summed E-state index contributed by atoms with van der Waals surface area (Å²) in [6.07, 6.45) is -3.24. The Morgan fingerprint density at radius 3 is 2.02 bits per heavy atom. The van der Waals surface area contributed by atoms with Gasteiger partial charge in [0.25, 0.3) is 0 Å². The minimum Gasteiger partial charge on any atom is -0.467 e. The molecule has 0 spiro atoms. The van der Waals surface area contributed by atoms with Crippen LogP contribution in [0.5, 0.6) is 0 Å². The number of aliphatic hydroxyl groups is 2. The summed E-state index contributed by atoms with van der Waals surface area (Å²) in [6, 6.07) is 2.53. The van der Waals surface area contributed by atoms with Crippen LogP contribution in [0.4, 0.5) is 0 Å². The van der Waals surface area contributed by atoms with E-state index in [9.17, 15) is 19.8 Å². The van der Waals surface area contributed by atoms with Gasteiger partial charge in [-0.3, -0.25) is 4.79 Å². The number of aliphatic hydroxyl groups excluding tert-OH is 2. The fourth-order valence-electron chi connectivity index (χ4n) is 7.42. The SMILES string of the molecule is CCC(/C=C(/C)C(=O)CC(O)C[C@@H](O)C(C)(C)C1(OC)O[C@H](C[C@H](OC)[C@@H](OCOC)C(=O)OC)C[C@H](OC)[C@@H]1O[Si](CC)(CC)CC)CO[Si](C)(C)C(C)(C)C. The quantitative estimate of drug-likeness (QED) is 0.0371. The second-order valence-electron chi connectivity index (χ2n) is 17.8. The summed E-state index contributed by atoms with van der Waals surface area (Å²) in [5.74, 6) is -2.37. The Labute approximate surface area is 347 Å². The van der Waals surface area contributed by atoms with Crippen LogP contribution in [0, 0.1) is 11.3 Å². The number of Topliss-reactive ketones (excluding diaryl/α,β-unsaturated/α-hetero) is 1. The summed E-state index contributed by atoms with van der Waals surface area (Å²) in [5, 5.41) is 23.6. The Balaban J connectivity index is 3.55. The summed E-state index contributed by atoms with van der Waals surface area (Å²) in [7, 11) is 3.02. The predicted octanol–water partition coefficient (Wildman–Crippen LogP) is 7.18. The van der Waals surface area contributed by atoms with Gasteiger partial charge in [0.2, 0.25) is 5.79 Å². The van der Waals surface area contributed by atoms with Crippen LogP contribution in [0.3, 0.4) is 0 Å². The summed E-state index contributed by atoms with van der Waals surface area (Å²) < 4.78 is 54.8. The van der Waals surface area contributed by atoms with Gasteiger partial charge in [0, 0.05) is 66.1 Å². The van der Waals surface area contributed by atoms with Crippen LogP contribution in [0.15, 0.2) is 11.6 Å². The van der Waals surface area contributed by atoms with Gasteiger partial charge in [-0.2, -0.15) is 0 Å². The van der Waals surface area contributed by atoms with E-state index < -0.39 is 76.5 Å². The number of hydrogen-bond acceptors (Lipinski definition) is 13. The molecule has 0 bridgehead atoms. The number of esters is 1. The fourth-order valence-corrected chi connectivity index (χ4v) is 11.3. The van der Waals surface area contributed by atoms with Gasteiger partial charge in [-0.05, 0) is 61.1 Å². The molecule has 0 amide bonds. The fraction of sp³-hybridized carbons (Fsp3) is 0.905. The maximum atomic E-state index is 13.5. The lowest BCUT2D eigenvalue weighted by molar-refractivity contribution is -0.384. The molecule has 336 valence electrons. The van der Waals surface area contributed by atoms with E-state index in [1.807, 2.05) is 19.9 Å². The summed E-state index contributed by atoms with van der Waals surface area (Å²) in [4.78, 5) is 26.3. The van der Waals surface area contributed by atoms with Crippen LogP contribution in [0.1, 0.15) is 101 Å². The van der Waals surface area contributed by atoms with Crippen LogP contribution in [-0.4, -0.2) is 136 Å². The van der Waals surface area contributed by atoms with Gasteiger partial charge in [-0.25, -0.2) is 4.79 Å². The third-order valence-corrected chi connectivity index (χ3v) is 22.1. The zero-order chi connectivity index (χ0) is 44.0. The van der Waals surface area contributed by atoms with Crippen molar-refractivity contribution in [2.45, 2.75) is 186 Å². The van der Waals surface area contributed by atoms with Crippen molar-refractivity contribution in [1.29, 1.82) is 0 Å². The van der Waals surface area contributed by atoms with E-state index in [1.165, 1.54) is 28.4 Å². The highest BCUT2D eigenvalue weighted by Crippen LogP contribution is 2.50. The van der Waals surface area contributed by atoms with Gasteiger partial charge in [-0.1, -0.05) is 68.4 Å². The van der Waals surface area contributed by atoms with Gasteiger partial charge in [0.1, 0.15) is 12.9 Å². The lowest BCUT2D eigenvalue weighted by Gasteiger charge is -2.58. The Hall–Kier alpha value is -1.09. The molecule has 0 aromatic carbocycles. The maximum absolute atomic E-state index is 13.5. The molecule has 0 aromatic rings. The van der Waals surface area contributed by atoms with Crippen molar-refractivity contribution >= 4 is 28.4 Å². The molecule has 0 aromatic heterocycles. The van der Waals surface area contributed by atoms with Crippen molar-refractivity contribution in [3.8, 4) is 0 Å². The number of carbonyl (C=O) groups excluding carboxylic acids is 2. The highest BCUT2D eigenvalue weighted by molar-refractivity contribution is 6.74. The Morgan fingerprint density at radius 2 is 1.56 bits per heavy atom. The van der Waals surface area contributed by atoms with Crippen molar-refractivity contribution < 1.29 is 61.8 Å². The molecule has 1 saturated heterocycles. The van der Waals surface area contributed by atoms with Gasteiger partial charge in [0.15, 0.2) is 28.5 Å². The predicted molar refractivity (Wildman–Crippen MR) is 227 cm³/mol. The molecule has 1 aliphatic rings. The smallest absolute Gasteiger partial charge is 0.337 e. The van der Waals surface area contributed by atoms with Crippen molar-refractivity contribution in [2.75, 3.05) is 48.9 Å². The summed E-state index contributed by atoms with van der Waals surface area (Å²) in [5.41, 5.74) is -0.679. The normalized spacial score (nSPS) is 24.1. The first kappa shape index (κ1) is 53.9. The van der Waals surface area contributed by atoms with E-state index in [4.69, 9.17) is 42.0 Å². The molecule has 1 heterocycles. The number of ketones is 1. The molecule has 13 nitrogen and oxygen atoms in total. The lowest BCUT2D eigenvalue weighted by atomic mass is 9.70. The van der Waals surface area contributed by atoms with Crippen LogP contribution in [0.2, 0.25) is 36.3 Å². The second-order valence-corrected chi connectivity index (χ2v) is 27.3. The van der Waals surface area contributed by atoms with Gasteiger partial charge in [-0.15, -0.1) is 0 Å². The van der Waals surface area contributed by atoms with E-state index in [0.29, 0.717) is 18.6 Å². The Kier molecular flexibility index (Phi) is 22.5. The molecule has 1 fully saturated rings. The van der Waals surface area contributed by atoms with E-state index in [-0.39, 0.29) is 42.8 Å². The van der Waals surface area contributed by atoms with Crippen LogP contribution < -0.4 is 0 Å². The molecule has 9 atom stereocenters. The van der Waals surface area contributed by atoms with Gasteiger partial charge >= 0.3 is 5.97 Å². The second kappa shape index (κ2) is 23.8. The van der Waals surface area contributed by atoms with Crippen LogP contribution in [0.25, 0.3) is 0 Å². The zero-order valence-electron chi connectivity index (χ0n) is 38.7. The molecule has 1 aliphatic heterocycles. The molecule has 0 saturated carbocycles. The first-order chi connectivity index (χ1) is 26.5. The Bertz CT molecular complexity index is 1230. The van der Waals surface area contributed by atoms with Crippen molar-refractivity contribution in [1.82, 2.24) is 0 Å². The summed E-state index contributed by atoms with van der Waals surface area (Å²) >= 11 is 0. The number of hydrogen-bond donors (Lipinski definition) is 2. The first-order valence-electron chi connectivity index (χ1n) is 20.9. The number of carbonyl (C=O) groups is 2. The summed E-state index contributed by atoms with van der Waals surface area (Å²) in [6.45, 7) is 25.3. The lowest BCUT2D eigenvalue weighted by Crippen LogP contribution is -2.71. The minimum absolute atomic E-state index is 0.0607. The molecule has 1 rings (SSSR count). The van der Waals surface area contributed by atoms with Crippen LogP contribution in [-0.2, 0) is 51.6 Å². The average Bonchev–Trinajstić information content (AvgIpc) is 3.17. The largest absolute Gasteiger partial charge is 0.467 e. The highest BCUT2D eigenvalue weighted by Gasteiger charge is 2.64. The molecule has 57 heavy (non-hydrogen) atoms. The van der Waals surface area contributed by atoms with Crippen molar-refractivity contribution in [3.05, 3.63) is 11.6 Å². The number of methoxy groups -OCH3 is 5. The third kappa shape index (κ3) is 14.0. The molecular formula is C42H82O13Si2. The standard InChI is InChI=1S/C42H82O13Si2/c1-18-30(27-53-56(16,17)40(6,7)8)22-29(5)33(44)23-31(43)24-36(45)41(9,10)42(51-15)38(55-57(19-2,20-3)21-4)35(49-13)26-32(54-42)25-34(48-12)37(39(46)50-14)52-28-47-11/h22,30-32,34-38,43,45H,18-21,23-28H2,1-17H3/b29-22-/t30?,31?,32-,34+,35+,36-,37-,38+,42?/m1/s1. The molecule has 3 unspecified atom stereocenters. The molecule has 2 N–H and O–H groups in total. The monoisotopic (exact) mass is 851 g/mol.